The second-order valence-electron chi connectivity index (χ2n) is 11.6. The van der Waals surface area contributed by atoms with Gasteiger partial charge in [0.1, 0.15) is 0 Å². The van der Waals surface area contributed by atoms with Crippen molar-refractivity contribution in [2.75, 3.05) is 38.1 Å². The number of rotatable bonds is 5. The van der Waals surface area contributed by atoms with E-state index >= 15 is 0 Å². The van der Waals surface area contributed by atoms with Gasteiger partial charge in [0.15, 0.2) is 0 Å². The van der Waals surface area contributed by atoms with E-state index in [0.29, 0.717) is 11.9 Å². The molecule has 1 N–H and O–H groups in total. The molecule has 1 aromatic rings. The lowest BCUT2D eigenvalue weighted by Gasteiger charge is -2.55. The minimum atomic E-state index is -0.0398. The van der Waals surface area contributed by atoms with E-state index in [-0.39, 0.29) is 5.41 Å². The molecule has 7 rings (SSSR count). The fraction of sp³-hybridized carbons (Fsp3) is 0.741. The standard InChI is InChI=1S/C27H39N3O/c1-29-10-7-23-14-22(5-6-24(23)29)25(30-8-3-2-4-9-30)18-28-26(31)27-15-19-11-20(16-27)13-21(12-19)17-27/h5-6,14,19-21,25H,2-4,7-13,15-18H2,1H3,(H,28,31). The highest BCUT2D eigenvalue weighted by Crippen LogP contribution is 2.60. The van der Waals surface area contributed by atoms with Crippen molar-refractivity contribution in [2.24, 2.45) is 23.2 Å². The maximum Gasteiger partial charge on any atom is 0.226 e. The molecule has 1 unspecified atom stereocenters. The van der Waals surface area contributed by atoms with Crippen molar-refractivity contribution < 1.29 is 4.79 Å². The Kier molecular flexibility index (Phi) is 5.05. The summed E-state index contributed by atoms with van der Waals surface area (Å²) in [6.45, 7) is 4.22. The molecule has 4 heteroatoms. The molecule has 2 aliphatic heterocycles. The number of benzene rings is 1. The Balaban J connectivity index is 1.21. The van der Waals surface area contributed by atoms with Crippen LogP contribution >= 0.6 is 0 Å². The van der Waals surface area contributed by atoms with Crippen LogP contribution in [0.25, 0.3) is 0 Å². The van der Waals surface area contributed by atoms with Crippen LogP contribution in [0.2, 0.25) is 0 Å². The van der Waals surface area contributed by atoms with Gasteiger partial charge < -0.3 is 10.2 Å². The van der Waals surface area contributed by atoms with Gasteiger partial charge in [0.25, 0.3) is 0 Å². The number of piperidine rings is 1. The molecule has 1 aromatic carbocycles. The van der Waals surface area contributed by atoms with Gasteiger partial charge >= 0.3 is 0 Å². The molecule has 1 atom stereocenters. The first-order valence-electron chi connectivity index (χ1n) is 13.0. The predicted molar refractivity (Wildman–Crippen MR) is 125 cm³/mol. The van der Waals surface area contributed by atoms with Crippen LogP contribution in [0, 0.1) is 23.2 Å². The summed E-state index contributed by atoms with van der Waals surface area (Å²) in [5.41, 5.74) is 4.23. The molecule has 4 saturated carbocycles. The Labute approximate surface area is 187 Å². The molecule has 2 heterocycles. The summed E-state index contributed by atoms with van der Waals surface area (Å²) in [7, 11) is 2.19. The van der Waals surface area contributed by atoms with Crippen molar-refractivity contribution in [3.05, 3.63) is 29.3 Å². The normalized spacial score (nSPS) is 35.3. The highest BCUT2D eigenvalue weighted by molar-refractivity contribution is 5.83. The lowest BCUT2D eigenvalue weighted by atomic mass is 9.49. The average molecular weight is 422 g/mol. The minimum absolute atomic E-state index is 0.0398. The number of nitrogens with one attached hydrogen (secondary N) is 1. The number of fused-ring (bicyclic) bond motifs is 1. The number of carbonyl (C=O) groups is 1. The quantitative estimate of drug-likeness (QED) is 0.758. The molecule has 31 heavy (non-hydrogen) atoms. The molecule has 5 fully saturated rings. The predicted octanol–water partition coefficient (Wildman–Crippen LogP) is 4.54. The number of amides is 1. The summed E-state index contributed by atoms with van der Waals surface area (Å²) in [5, 5.41) is 3.52. The number of nitrogens with zero attached hydrogens (tertiary/aromatic N) is 2. The van der Waals surface area contributed by atoms with Crippen molar-refractivity contribution in [1.82, 2.24) is 10.2 Å². The van der Waals surface area contributed by atoms with Gasteiger partial charge in [-0.2, -0.15) is 0 Å². The molecule has 4 aliphatic carbocycles. The van der Waals surface area contributed by atoms with Gasteiger partial charge in [-0.3, -0.25) is 9.69 Å². The van der Waals surface area contributed by atoms with Crippen LogP contribution in [-0.4, -0.2) is 44.0 Å². The molecule has 1 amide bonds. The molecule has 0 aromatic heterocycles. The molecule has 168 valence electrons. The highest BCUT2D eigenvalue weighted by Gasteiger charge is 2.54. The zero-order valence-electron chi connectivity index (χ0n) is 19.2. The van der Waals surface area contributed by atoms with Gasteiger partial charge in [-0.15, -0.1) is 0 Å². The number of hydrogen-bond acceptors (Lipinski definition) is 3. The molecule has 1 saturated heterocycles. The van der Waals surface area contributed by atoms with E-state index in [1.54, 1.807) is 0 Å². The van der Waals surface area contributed by atoms with E-state index in [9.17, 15) is 4.79 Å². The van der Waals surface area contributed by atoms with Gasteiger partial charge in [0.05, 0.1) is 6.04 Å². The zero-order valence-corrected chi connectivity index (χ0v) is 19.2. The number of anilines is 1. The van der Waals surface area contributed by atoms with Crippen molar-refractivity contribution in [1.29, 1.82) is 0 Å². The fourth-order valence-corrected chi connectivity index (χ4v) is 8.25. The third kappa shape index (κ3) is 3.59. The van der Waals surface area contributed by atoms with Gasteiger partial charge in [-0.25, -0.2) is 0 Å². The van der Waals surface area contributed by atoms with Gasteiger partial charge in [0, 0.05) is 31.2 Å². The SMILES string of the molecule is CN1CCc2cc(C(CNC(=O)C34CC5CC(CC(C5)C3)C4)N3CCCCC3)ccc21. The minimum Gasteiger partial charge on any atom is -0.374 e. The molecule has 0 spiro atoms. The summed E-state index contributed by atoms with van der Waals surface area (Å²) in [4.78, 5) is 18.6. The van der Waals surface area contributed by atoms with E-state index in [2.05, 4.69) is 40.4 Å². The third-order valence-corrected chi connectivity index (χ3v) is 9.42. The van der Waals surface area contributed by atoms with E-state index in [1.165, 1.54) is 55.3 Å². The maximum absolute atomic E-state index is 13.6. The molecular weight excluding hydrogens is 382 g/mol. The number of hydrogen-bond donors (Lipinski definition) is 1. The Morgan fingerprint density at radius 2 is 1.71 bits per heavy atom. The third-order valence-electron chi connectivity index (χ3n) is 9.42. The van der Waals surface area contributed by atoms with Crippen molar-refractivity contribution in [3.63, 3.8) is 0 Å². The van der Waals surface area contributed by atoms with Crippen LogP contribution in [0.1, 0.15) is 75.0 Å². The van der Waals surface area contributed by atoms with E-state index in [4.69, 9.17) is 0 Å². The lowest BCUT2D eigenvalue weighted by molar-refractivity contribution is -0.146. The summed E-state index contributed by atoms with van der Waals surface area (Å²) in [6.07, 6.45) is 12.7. The lowest BCUT2D eigenvalue weighted by Crippen LogP contribution is -2.54. The average Bonchev–Trinajstić information content (AvgIpc) is 3.14. The van der Waals surface area contributed by atoms with Crippen molar-refractivity contribution in [3.8, 4) is 0 Å². The largest absolute Gasteiger partial charge is 0.374 e. The van der Waals surface area contributed by atoms with Crippen molar-refractivity contribution in [2.45, 2.75) is 70.3 Å². The summed E-state index contributed by atoms with van der Waals surface area (Å²) in [5.74, 6) is 2.85. The number of carbonyl (C=O) groups excluding carboxylic acids is 1. The first-order chi connectivity index (χ1) is 15.1. The molecule has 0 radical (unpaired) electrons. The first kappa shape index (κ1) is 20.1. The maximum atomic E-state index is 13.6. The Hall–Kier alpha value is -1.55. The summed E-state index contributed by atoms with van der Waals surface area (Å²) in [6, 6.07) is 7.40. The monoisotopic (exact) mass is 421 g/mol. The second kappa shape index (κ2) is 7.79. The van der Waals surface area contributed by atoms with Gasteiger partial charge in [-0.1, -0.05) is 18.6 Å². The Morgan fingerprint density at radius 1 is 1.03 bits per heavy atom. The number of likely N-dealkylation sites (tertiary alicyclic amines) is 1. The second-order valence-corrected chi connectivity index (χ2v) is 11.6. The first-order valence-corrected chi connectivity index (χ1v) is 13.0. The van der Waals surface area contributed by atoms with Crippen LogP contribution in [0.5, 0.6) is 0 Å². The van der Waals surface area contributed by atoms with E-state index in [0.717, 1.165) is 69.6 Å². The van der Waals surface area contributed by atoms with Crippen LogP contribution < -0.4 is 10.2 Å². The van der Waals surface area contributed by atoms with Gasteiger partial charge in [0.2, 0.25) is 5.91 Å². The van der Waals surface area contributed by atoms with Crippen LogP contribution in [0.4, 0.5) is 5.69 Å². The van der Waals surface area contributed by atoms with Crippen molar-refractivity contribution >= 4 is 11.6 Å². The van der Waals surface area contributed by atoms with Crippen LogP contribution in [0.3, 0.4) is 0 Å². The highest BCUT2D eigenvalue weighted by atomic mass is 16.2. The van der Waals surface area contributed by atoms with E-state index in [1.807, 2.05) is 0 Å². The van der Waals surface area contributed by atoms with Gasteiger partial charge in [-0.05, 0) is 106 Å². The molecule has 6 aliphatic rings. The zero-order chi connectivity index (χ0) is 21.0. The Morgan fingerprint density at radius 3 is 2.39 bits per heavy atom. The Bertz CT molecular complexity index is 808. The summed E-state index contributed by atoms with van der Waals surface area (Å²) < 4.78 is 0. The van der Waals surface area contributed by atoms with Crippen LogP contribution in [-0.2, 0) is 11.2 Å². The van der Waals surface area contributed by atoms with E-state index < -0.39 is 0 Å². The molecular formula is C27H39N3O. The smallest absolute Gasteiger partial charge is 0.226 e. The van der Waals surface area contributed by atoms with Crippen LogP contribution in [0.15, 0.2) is 18.2 Å². The molecule has 4 bridgehead atoms. The summed E-state index contributed by atoms with van der Waals surface area (Å²) >= 11 is 0. The number of likely N-dealkylation sites (N-methyl/N-ethyl adjacent to an activating group) is 1. The molecule has 4 nitrogen and oxygen atoms in total. The topological polar surface area (TPSA) is 35.6 Å². The fourth-order valence-electron chi connectivity index (χ4n) is 8.25.